The third-order valence-corrected chi connectivity index (χ3v) is 10.1. The number of rotatable bonds is 24. The first-order chi connectivity index (χ1) is 32.6. The number of phenols is 1. The Morgan fingerprint density at radius 1 is 0.882 bits per heavy atom. The van der Waals surface area contributed by atoms with Gasteiger partial charge in [0.15, 0.2) is 22.8 Å². The largest absolute Gasteiger partial charge is 0.506 e. The van der Waals surface area contributed by atoms with Crippen LogP contribution in [0.2, 0.25) is 0 Å². The maximum Gasteiger partial charge on any atom is 0.253 e. The van der Waals surface area contributed by atoms with Crippen molar-refractivity contribution in [1.82, 2.24) is 51.6 Å². The molecule has 2 aromatic carbocycles. The molecular formula is C42H51N17O9. The van der Waals surface area contributed by atoms with Gasteiger partial charge in [-0.05, 0) is 69.0 Å². The first kappa shape index (κ1) is 50.2. The second-order valence-electron chi connectivity index (χ2n) is 15.1. The molecule has 0 fully saturated rings. The van der Waals surface area contributed by atoms with Crippen molar-refractivity contribution in [2.45, 2.75) is 64.1 Å². The molecule has 68 heavy (non-hydrogen) atoms. The molecule has 0 saturated carbocycles. The number of nitrogens with two attached hydrogens (primary N) is 4. The summed E-state index contributed by atoms with van der Waals surface area (Å²) in [6.45, 7) is 1.50. The molecule has 26 nitrogen and oxygen atoms in total. The fourth-order valence-electron chi connectivity index (χ4n) is 6.54. The minimum Gasteiger partial charge on any atom is -0.506 e. The van der Waals surface area contributed by atoms with Gasteiger partial charge in [-0.1, -0.05) is 6.42 Å². The molecule has 358 valence electrons. The molecule has 2 atom stereocenters. The molecule has 4 aromatic rings. The van der Waals surface area contributed by atoms with Gasteiger partial charge in [-0.25, -0.2) is 21.3 Å². The number of carbonyl (C=O) groups excluding carboxylic acids is 8. The number of anilines is 4. The number of fused-ring (bicyclic) bond motifs is 1. The van der Waals surface area contributed by atoms with Crippen LogP contribution in [0.5, 0.6) is 5.75 Å². The summed E-state index contributed by atoms with van der Waals surface area (Å²) in [6, 6.07) is 6.35. The van der Waals surface area contributed by atoms with Gasteiger partial charge in [0.1, 0.15) is 18.1 Å². The molecule has 0 spiro atoms. The van der Waals surface area contributed by atoms with Crippen LogP contribution in [0.3, 0.4) is 0 Å². The highest BCUT2D eigenvalue weighted by Crippen LogP contribution is 2.25. The number of hydrazine groups is 1. The van der Waals surface area contributed by atoms with Crippen molar-refractivity contribution in [3.05, 3.63) is 77.1 Å². The third-order valence-electron chi connectivity index (χ3n) is 10.1. The van der Waals surface area contributed by atoms with Crippen molar-refractivity contribution in [3.8, 4) is 5.75 Å². The van der Waals surface area contributed by atoms with Crippen LogP contribution in [0, 0.1) is 0 Å². The van der Waals surface area contributed by atoms with Gasteiger partial charge in [0, 0.05) is 48.5 Å². The van der Waals surface area contributed by atoms with Crippen LogP contribution >= 0.6 is 0 Å². The van der Waals surface area contributed by atoms with Gasteiger partial charge >= 0.3 is 0 Å². The zero-order chi connectivity index (χ0) is 49.3. The van der Waals surface area contributed by atoms with Crippen LogP contribution in [-0.4, -0.2) is 115 Å². The summed E-state index contributed by atoms with van der Waals surface area (Å²) in [5, 5.41) is 30.3. The van der Waals surface area contributed by atoms with Crippen molar-refractivity contribution < 1.29 is 43.5 Å². The van der Waals surface area contributed by atoms with E-state index in [-0.39, 0.29) is 126 Å². The zero-order valence-corrected chi connectivity index (χ0v) is 36.7. The molecular weight excluding hydrogens is 887 g/mol. The van der Waals surface area contributed by atoms with Gasteiger partial charge in [-0.3, -0.25) is 38.5 Å². The second-order valence-corrected chi connectivity index (χ2v) is 15.1. The molecule has 0 aliphatic carbocycles. The molecule has 16 N–H and O–H groups in total. The summed E-state index contributed by atoms with van der Waals surface area (Å²) in [4.78, 5) is 117. The van der Waals surface area contributed by atoms with Crippen LogP contribution in [0.25, 0.3) is 11.2 Å². The lowest BCUT2D eigenvalue weighted by atomic mass is 10.0. The predicted molar refractivity (Wildman–Crippen MR) is 246 cm³/mol. The zero-order valence-electron chi connectivity index (χ0n) is 36.7. The number of hydrogen-bond donors (Lipinski definition) is 12. The number of phenolic OH excluding ortho intramolecular Hbond substituents is 1. The molecule has 0 saturated heterocycles. The maximum atomic E-state index is 13.3. The predicted octanol–water partition coefficient (Wildman–Crippen LogP) is -1.46. The number of amidine groups is 1. The first-order valence-electron chi connectivity index (χ1n) is 21.1. The second kappa shape index (κ2) is 23.9. The van der Waals surface area contributed by atoms with Crippen molar-refractivity contribution in [2.75, 3.05) is 41.7 Å². The Labute approximate surface area is 387 Å². The average molecular weight is 938 g/mol. The minimum atomic E-state index is -1.05. The van der Waals surface area contributed by atoms with Crippen LogP contribution in [-0.2, 0) is 35.3 Å². The van der Waals surface area contributed by atoms with Crippen molar-refractivity contribution >= 4 is 87.8 Å². The Balaban J connectivity index is 1.04. The van der Waals surface area contributed by atoms with E-state index in [4.69, 9.17) is 23.0 Å². The summed E-state index contributed by atoms with van der Waals surface area (Å²) in [6.07, 6.45) is 6.52. The summed E-state index contributed by atoms with van der Waals surface area (Å²) in [5.41, 5.74) is 21.2. The van der Waals surface area contributed by atoms with Gasteiger partial charge in [-0.2, -0.15) is 9.97 Å². The fourth-order valence-corrected chi connectivity index (χ4v) is 6.54. The van der Waals surface area contributed by atoms with Gasteiger partial charge in [0.25, 0.3) is 23.6 Å². The number of nitrogens with zero attached hydrogens (tertiary/aromatic N) is 6. The van der Waals surface area contributed by atoms with E-state index in [0.29, 0.717) is 31.2 Å². The summed E-state index contributed by atoms with van der Waals surface area (Å²) < 4.78 is 0. The normalized spacial score (nSPS) is 13.1. The van der Waals surface area contributed by atoms with Crippen molar-refractivity contribution in [2.24, 2.45) is 16.7 Å². The van der Waals surface area contributed by atoms with Gasteiger partial charge in [0.05, 0.1) is 42.3 Å². The molecule has 1 aliphatic rings. The number of amides is 7. The quantitative estimate of drug-likeness (QED) is 0.00558. The average Bonchev–Trinajstić information content (AvgIpc) is 3.63. The molecule has 0 bridgehead atoms. The number of nitrogens with one attached hydrogen (secondary N) is 7. The molecule has 1 aliphatic heterocycles. The third kappa shape index (κ3) is 14.1. The Morgan fingerprint density at radius 2 is 1.65 bits per heavy atom. The van der Waals surface area contributed by atoms with E-state index in [1.54, 1.807) is 0 Å². The van der Waals surface area contributed by atoms with Gasteiger partial charge in [-0.15, -0.1) is 5.10 Å². The summed E-state index contributed by atoms with van der Waals surface area (Å²) in [7, 11) is 0. The lowest BCUT2D eigenvalue weighted by Crippen LogP contribution is -2.45. The molecule has 0 radical (unpaired) electrons. The highest BCUT2D eigenvalue weighted by atomic mass is 16.3. The summed E-state index contributed by atoms with van der Waals surface area (Å²) >= 11 is 0. The van der Waals surface area contributed by atoms with Gasteiger partial charge in [0.2, 0.25) is 23.7 Å². The lowest BCUT2D eigenvalue weighted by Gasteiger charge is -2.16. The van der Waals surface area contributed by atoms with Crippen LogP contribution in [0.15, 0.2) is 59.8 Å². The minimum absolute atomic E-state index is 0.0368. The number of imide groups is 1. The number of carbonyl (C=O) groups is 8. The Kier molecular flexibility index (Phi) is 17.7. The molecule has 2 unspecified atom stereocenters. The van der Waals surface area contributed by atoms with Crippen LogP contribution < -0.4 is 60.5 Å². The molecule has 3 heterocycles. The van der Waals surface area contributed by atoms with E-state index in [9.17, 15) is 43.5 Å². The molecule has 5 rings (SSSR count). The number of benzene rings is 2. The van der Waals surface area contributed by atoms with E-state index < -0.39 is 35.7 Å². The summed E-state index contributed by atoms with van der Waals surface area (Å²) in [5.74, 6) is 1.31. The molecule has 7 amide bonds. The van der Waals surface area contributed by atoms with Crippen LogP contribution in [0.1, 0.15) is 77.4 Å². The monoisotopic (exact) mass is 937 g/mol. The number of hydrogen-bond acceptors (Lipinski definition) is 19. The molecule has 26 heteroatoms. The smallest absolute Gasteiger partial charge is 0.253 e. The van der Waals surface area contributed by atoms with E-state index in [0.717, 1.165) is 4.90 Å². The Hall–Kier alpha value is -8.81. The standard InChI is InChI=1S/C42H51N17O9/c1-22(51-32(63)20-49-31(62)7-3-2-4-15-59-33(64)12-13-34(59)65)39(66)53-24-9-10-27(28(17-24)36(43)57-58-46)41(68)47-14-5-6-25(21-60)54-40(67)23-8-11-29(30(61)16-23)48-18-26-19-50-38-35(52-26)37(44)55-42(45)56-38/h8-13,16-17,19,21-22,25,48,58,61H,2-7,14-15,18,20,46H2,1H3,(H2,43,57)(H,47,68)(H,49,62)(H,51,63)(H,53,66)(H,54,67)(H4,44,45,50,55,56). The van der Waals surface area contributed by atoms with Crippen molar-refractivity contribution in [3.63, 3.8) is 0 Å². The highest BCUT2D eigenvalue weighted by Gasteiger charge is 2.23. The topological polar surface area (TPSA) is 412 Å². The Morgan fingerprint density at radius 3 is 2.37 bits per heavy atom. The van der Waals surface area contributed by atoms with Gasteiger partial charge < -0.3 is 59.0 Å². The van der Waals surface area contributed by atoms with E-state index in [1.807, 2.05) is 5.53 Å². The van der Waals surface area contributed by atoms with Crippen LogP contribution in [0.4, 0.5) is 23.1 Å². The van der Waals surface area contributed by atoms with E-state index >= 15 is 0 Å². The highest BCUT2D eigenvalue weighted by molar-refractivity contribution is 6.13. The van der Waals surface area contributed by atoms with E-state index in [2.05, 4.69) is 56.9 Å². The number of aldehydes is 1. The number of aromatic hydroxyl groups is 1. The number of aromatic nitrogens is 4. The number of unbranched alkanes of at least 4 members (excludes halogenated alkanes) is 2. The SMILES string of the molecule is CC(NC(=O)CNC(=O)CCCCCN1C(=O)C=CC1=O)C(=O)Nc1ccc(C(=O)NCCCC(C=O)NC(=O)c2ccc(NCc3cnc4nc(N)nc(N)c4n3)c(O)c2)c(/C(N)=N/NN)c1. The maximum absolute atomic E-state index is 13.3. The first-order valence-corrected chi connectivity index (χ1v) is 21.1. The lowest BCUT2D eigenvalue weighted by molar-refractivity contribution is -0.137. The fraction of sp³-hybridized carbons (Fsp3) is 0.310. The van der Waals surface area contributed by atoms with Crippen molar-refractivity contribution in [1.29, 1.82) is 0 Å². The number of nitrogen functional groups attached to an aromatic ring is 2. The molecule has 2 aromatic heterocycles. The number of hydrazone groups is 1. The Bertz CT molecular complexity index is 2620. The van der Waals surface area contributed by atoms with E-state index in [1.165, 1.54) is 61.7 Å².